The molecule has 0 radical (unpaired) electrons. The topological polar surface area (TPSA) is 126 Å². The molecule has 3 aromatic rings. The molecule has 1 aromatic carbocycles. The third-order valence-electron chi connectivity index (χ3n) is 3.91. The Kier molecular flexibility index (Phi) is 6.01. The zero-order chi connectivity index (χ0) is 21.7. The van der Waals surface area contributed by atoms with Crippen molar-refractivity contribution in [1.82, 2.24) is 15.3 Å². The first kappa shape index (κ1) is 20.5. The molecule has 1 amide bonds. The van der Waals surface area contributed by atoms with Gasteiger partial charge in [-0.3, -0.25) is 14.8 Å². The van der Waals surface area contributed by atoms with Crippen molar-refractivity contribution in [2.45, 2.75) is 0 Å². The highest BCUT2D eigenvalue weighted by molar-refractivity contribution is 6.00. The molecule has 0 fully saturated rings. The van der Waals surface area contributed by atoms with Crippen molar-refractivity contribution in [2.75, 3.05) is 7.05 Å². The van der Waals surface area contributed by atoms with Gasteiger partial charge in [0, 0.05) is 31.1 Å². The summed E-state index contributed by atoms with van der Waals surface area (Å²) in [6.45, 7) is 0. The molecular formula is C19H13F2N5O4. The van der Waals surface area contributed by atoms with Crippen molar-refractivity contribution in [3.05, 3.63) is 76.6 Å². The molecule has 30 heavy (non-hydrogen) atoms. The first-order valence-electron chi connectivity index (χ1n) is 8.35. The van der Waals surface area contributed by atoms with Gasteiger partial charge >= 0.3 is 0 Å². The molecule has 0 aliphatic rings. The molecule has 0 saturated carbocycles. The lowest BCUT2D eigenvalue weighted by atomic mass is 10.1. The lowest BCUT2D eigenvalue weighted by Crippen LogP contribution is -2.19. The number of carbonyl (C=O) groups is 1. The fourth-order valence-electron chi connectivity index (χ4n) is 2.50. The third-order valence-corrected chi connectivity index (χ3v) is 3.91. The van der Waals surface area contributed by atoms with Gasteiger partial charge in [-0.05, 0) is 30.3 Å². The highest BCUT2D eigenvalue weighted by Gasteiger charge is 2.19. The number of rotatable bonds is 5. The summed E-state index contributed by atoms with van der Waals surface area (Å²) in [4.78, 5) is 39.0. The summed E-state index contributed by atoms with van der Waals surface area (Å²) in [5.41, 5.74) is 0.281. The van der Waals surface area contributed by atoms with Gasteiger partial charge in [0.05, 0.1) is 11.3 Å². The van der Waals surface area contributed by atoms with E-state index in [4.69, 9.17) is 0 Å². The smallest absolute Gasteiger partial charge is 0.269 e. The van der Waals surface area contributed by atoms with Crippen LogP contribution < -0.4 is 5.32 Å². The number of hydrogen-bond acceptors (Lipinski definition) is 8. The molecule has 2 aromatic heterocycles. The van der Waals surface area contributed by atoms with Crippen LogP contribution in [0.2, 0.25) is 0 Å². The van der Waals surface area contributed by atoms with Crippen LogP contribution in [0.1, 0.15) is 16.1 Å². The first-order chi connectivity index (χ1) is 14.4. The van der Waals surface area contributed by atoms with Gasteiger partial charge in [0.2, 0.25) is 0 Å². The molecule has 9 nitrogen and oxygen atoms in total. The van der Waals surface area contributed by atoms with E-state index in [1.54, 1.807) is 0 Å². The predicted octanol–water partition coefficient (Wildman–Crippen LogP) is 3.26. The van der Waals surface area contributed by atoms with Gasteiger partial charge in [-0.2, -0.15) is 0 Å². The summed E-state index contributed by atoms with van der Waals surface area (Å²) in [5.74, 6) is -3.60. The number of benzene rings is 1. The quantitative estimate of drug-likeness (QED) is 0.286. The maximum atomic E-state index is 13.4. The normalized spacial score (nSPS) is 11.1. The molecule has 0 unspecified atom stereocenters. The third kappa shape index (κ3) is 4.24. The Morgan fingerprint density at radius 1 is 1.10 bits per heavy atom. The van der Waals surface area contributed by atoms with Gasteiger partial charge in [-0.1, -0.05) is 0 Å². The molecule has 0 spiro atoms. The monoisotopic (exact) mass is 413 g/mol. The van der Waals surface area contributed by atoms with Crippen molar-refractivity contribution in [2.24, 2.45) is 10.3 Å². The summed E-state index contributed by atoms with van der Waals surface area (Å²) in [5, 5.41) is 15.4. The van der Waals surface area contributed by atoms with Crippen LogP contribution in [0.5, 0.6) is 5.75 Å². The van der Waals surface area contributed by atoms with Crippen molar-refractivity contribution in [3.63, 3.8) is 0 Å². The van der Waals surface area contributed by atoms with E-state index < -0.39 is 29.2 Å². The molecule has 3 rings (SSSR count). The van der Waals surface area contributed by atoms with Gasteiger partial charge < -0.3 is 15.3 Å². The second-order valence-corrected chi connectivity index (χ2v) is 5.75. The van der Waals surface area contributed by atoms with E-state index in [-0.39, 0.29) is 22.6 Å². The minimum Gasteiger partial charge on any atom is -0.505 e. The Bertz CT molecular complexity index is 1150. The van der Waals surface area contributed by atoms with Crippen LogP contribution in [0.15, 0.2) is 59.1 Å². The summed E-state index contributed by atoms with van der Waals surface area (Å²) >= 11 is 0. The number of nitrogens with zero attached hydrogens (tertiary/aromatic N) is 4. The number of aromatic nitrogens is 2. The minimum absolute atomic E-state index is 0.0348. The van der Waals surface area contributed by atoms with Gasteiger partial charge in [0.15, 0.2) is 22.7 Å². The number of amides is 1. The van der Waals surface area contributed by atoms with E-state index in [0.29, 0.717) is 5.56 Å². The summed E-state index contributed by atoms with van der Waals surface area (Å²) in [6.07, 6.45) is 2.65. The van der Waals surface area contributed by atoms with Crippen LogP contribution in [0.4, 0.5) is 14.5 Å². The van der Waals surface area contributed by atoms with Gasteiger partial charge in [0.1, 0.15) is 11.4 Å². The maximum Gasteiger partial charge on any atom is 0.269 e. The van der Waals surface area contributed by atoms with Gasteiger partial charge in [0.25, 0.3) is 11.8 Å². The number of pyridine rings is 2. The Labute approximate surface area is 168 Å². The number of hydrogen-bond donors (Lipinski definition) is 2. The SMILES string of the molecule is CNC(=O)c1cc(-c2nccc(C(=Nc3ccc(F)c(F)c3)ON=O)c2O)ccn1. The largest absolute Gasteiger partial charge is 0.505 e. The zero-order valence-electron chi connectivity index (χ0n) is 15.3. The highest BCUT2D eigenvalue weighted by atomic mass is 19.2. The molecule has 2 N–H and O–H groups in total. The van der Waals surface area contributed by atoms with E-state index in [2.05, 4.69) is 30.5 Å². The summed E-state index contributed by atoms with van der Waals surface area (Å²) in [6, 6.07) is 6.95. The van der Waals surface area contributed by atoms with E-state index in [1.165, 1.54) is 37.6 Å². The van der Waals surface area contributed by atoms with Crippen molar-refractivity contribution < 1.29 is 23.5 Å². The highest BCUT2D eigenvalue weighted by Crippen LogP contribution is 2.31. The lowest BCUT2D eigenvalue weighted by molar-refractivity contribution is 0.0958. The number of aliphatic imine (C=N–C) groups is 1. The molecular weight excluding hydrogens is 400 g/mol. The van der Waals surface area contributed by atoms with Crippen LogP contribution in [0.25, 0.3) is 11.3 Å². The number of halogens is 2. The molecule has 0 bridgehead atoms. The van der Waals surface area contributed by atoms with Crippen LogP contribution in [0.3, 0.4) is 0 Å². The molecule has 0 aliphatic carbocycles. The molecule has 11 heteroatoms. The number of aromatic hydroxyl groups is 1. The van der Waals surface area contributed by atoms with Crippen molar-refractivity contribution in [1.29, 1.82) is 0 Å². The number of nitrogens with one attached hydrogen (secondary N) is 1. The first-order valence-corrected chi connectivity index (χ1v) is 8.35. The zero-order valence-corrected chi connectivity index (χ0v) is 15.3. The Morgan fingerprint density at radius 3 is 2.57 bits per heavy atom. The van der Waals surface area contributed by atoms with Crippen LogP contribution in [0, 0.1) is 16.5 Å². The van der Waals surface area contributed by atoms with Gasteiger partial charge in [-0.15, -0.1) is 4.91 Å². The van der Waals surface area contributed by atoms with Crippen LogP contribution in [-0.4, -0.2) is 33.9 Å². The predicted molar refractivity (Wildman–Crippen MR) is 102 cm³/mol. The van der Waals surface area contributed by atoms with Crippen molar-refractivity contribution >= 4 is 17.5 Å². The molecule has 2 heterocycles. The molecule has 0 aliphatic heterocycles. The van der Waals surface area contributed by atoms with E-state index in [0.717, 1.165) is 18.2 Å². The summed E-state index contributed by atoms with van der Waals surface area (Å²) in [7, 11) is 1.44. The second kappa shape index (κ2) is 8.82. The minimum atomic E-state index is -1.16. The molecule has 0 saturated heterocycles. The van der Waals surface area contributed by atoms with Crippen LogP contribution >= 0.6 is 0 Å². The van der Waals surface area contributed by atoms with Crippen LogP contribution in [-0.2, 0) is 4.84 Å². The average Bonchev–Trinajstić information content (AvgIpc) is 2.75. The fraction of sp³-hybridized carbons (Fsp3) is 0.0526. The summed E-state index contributed by atoms with van der Waals surface area (Å²) < 4.78 is 26.6. The lowest BCUT2D eigenvalue weighted by Gasteiger charge is -2.10. The average molecular weight is 413 g/mol. The second-order valence-electron chi connectivity index (χ2n) is 5.75. The molecule has 152 valence electrons. The number of carbonyl (C=O) groups excluding carboxylic acids is 1. The van der Waals surface area contributed by atoms with E-state index in [9.17, 15) is 23.6 Å². The standard InChI is InChI=1S/C19H13F2N5O4/c1-22-18(28)15-8-10(4-6-23-15)16-17(27)12(5-7-24-16)19(30-26-29)25-11-2-3-13(20)14(21)9-11/h2-9,27H,1H3,(H,22,28). The van der Waals surface area contributed by atoms with E-state index >= 15 is 0 Å². The Balaban J connectivity index is 2.09. The Morgan fingerprint density at radius 2 is 1.87 bits per heavy atom. The van der Waals surface area contributed by atoms with Crippen molar-refractivity contribution in [3.8, 4) is 17.0 Å². The van der Waals surface area contributed by atoms with Gasteiger partial charge in [-0.25, -0.2) is 13.8 Å². The maximum absolute atomic E-state index is 13.4. The Hall–Kier alpha value is -4.28. The van der Waals surface area contributed by atoms with E-state index in [1.807, 2.05) is 0 Å². The molecule has 0 atom stereocenters. The fourth-order valence-corrected chi connectivity index (χ4v) is 2.50.